The lowest BCUT2D eigenvalue weighted by molar-refractivity contribution is -0.706. The Morgan fingerprint density at radius 3 is 2.51 bits per heavy atom. The second kappa shape index (κ2) is 7.62. The second-order valence-electron chi connectivity index (χ2n) is 12.0. The van der Waals surface area contributed by atoms with E-state index in [1.54, 1.807) is 0 Å². The summed E-state index contributed by atoms with van der Waals surface area (Å²) in [6, 6.07) is 19.0. The van der Waals surface area contributed by atoms with Crippen LogP contribution in [0.2, 0.25) is 19.6 Å². The van der Waals surface area contributed by atoms with Gasteiger partial charge in [-0.2, -0.15) is 4.57 Å². The van der Waals surface area contributed by atoms with Gasteiger partial charge in [0.15, 0.2) is 12.2 Å². The fraction of sp³-hybridized carbons (Fsp3) is 0.344. The highest BCUT2D eigenvalue weighted by atomic mass is 28.3. The molecule has 1 aromatic heterocycles. The molecular formula is C32H36NOSi+. The maximum absolute atomic E-state index is 5.61. The molecule has 4 aromatic rings. The molecule has 35 heavy (non-hydrogen) atoms. The number of allylic oxidation sites excluding steroid dienone is 1. The molecule has 3 heteroatoms. The Labute approximate surface area is 210 Å². The van der Waals surface area contributed by atoms with Crippen LogP contribution < -0.4 is 9.75 Å². The van der Waals surface area contributed by atoms with Gasteiger partial charge in [0.05, 0.1) is 24.9 Å². The van der Waals surface area contributed by atoms with Gasteiger partial charge in [-0.05, 0) is 51.4 Å². The zero-order chi connectivity index (χ0) is 24.7. The molecule has 6 rings (SSSR count). The molecule has 1 aliphatic carbocycles. The van der Waals surface area contributed by atoms with Crippen LogP contribution in [0.1, 0.15) is 48.9 Å². The number of fused-ring (bicyclic) bond motifs is 2. The van der Waals surface area contributed by atoms with E-state index in [1.807, 2.05) is 7.11 Å². The van der Waals surface area contributed by atoms with Gasteiger partial charge in [0, 0.05) is 25.2 Å². The third kappa shape index (κ3) is 3.07. The predicted molar refractivity (Wildman–Crippen MR) is 151 cm³/mol. The molecule has 0 saturated carbocycles. The number of ether oxygens (including phenoxy) is 1. The maximum Gasteiger partial charge on any atom is 0.221 e. The van der Waals surface area contributed by atoms with Gasteiger partial charge in [0.2, 0.25) is 5.69 Å². The number of pyridine rings is 1. The summed E-state index contributed by atoms with van der Waals surface area (Å²) in [5.74, 6) is 0.320. The lowest BCUT2D eigenvalue weighted by Gasteiger charge is -2.40. The van der Waals surface area contributed by atoms with Crippen molar-refractivity contribution in [1.82, 2.24) is 0 Å². The van der Waals surface area contributed by atoms with E-state index in [-0.39, 0.29) is 11.5 Å². The molecular weight excluding hydrogens is 442 g/mol. The predicted octanol–water partition coefficient (Wildman–Crippen LogP) is 6.99. The summed E-state index contributed by atoms with van der Waals surface area (Å²) >= 11 is 0. The third-order valence-corrected chi connectivity index (χ3v) is 10.6. The lowest BCUT2D eigenvalue weighted by atomic mass is 9.64. The molecule has 0 spiro atoms. The Kier molecular flexibility index (Phi) is 4.94. The minimum absolute atomic E-state index is 0.0823. The zero-order valence-corrected chi connectivity index (χ0v) is 22.9. The first-order valence-electron chi connectivity index (χ1n) is 12.9. The van der Waals surface area contributed by atoms with Crippen LogP contribution in [0.15, 0.2) is 67.4 Å². The summed E-state index contributed by atoms with van der Waals surface area (Å²) in [7, 11) is 0.327. The minimum atomic E-state index is -1.48. The van der Waals surface area contributed by atoms with Crippen LogP contribution in [0.25, 0.3) is 32.8 Å². The molecule has 2 atom stereocenters. The van der Waals surface area contributed by atoms with E-state index in [2.05, 4.69) is 105 Å². The number of methoxy groups -OCH3 is 1. The SMILES string of the molecule is C=CC1C(CCOC)c2c3c(cc4ccccc24)C(C)(C)c2cc([Si](C)(C)C)cc4cc[n+]1c-3c24. The van der Waals surface area contributed by atoms with Crippen LogP contribution in [0.5, 0.6) is 0 Å². The Morgan fingerprint density at radius 1 is 1.03 bits per heavy atom. The smallest absolute Gasteiger partial charge is 0.221 e. The first-order chi connectivity index (χ1) is 16.7. The molecule has 2 heterocycles. The topological polar surface area (TPSA) is 13.1 Å². The first-order valence-corrected chi connectivity index (χ1v) is 16.4. The fourth-order valence-electron chi connectivity index (χ4n) is 6.71. The van der Waals surface area contributed by atoms with Gasteiger partial charge in [0.25, 0.3) is 0 Å². The molecule has 0 radical (unpaired) electrons. The molecule has 0 bridgehead atoms. The fourth-order valence-corrected chi connectivity index (χ4v) is 7.88. The summed E-state index contributed by atoms with van der Waals surface area (Å²) in [6.07, 6.45) is 5.45. The second-order valence-corrected chi connectivity index (χ2v) is 17.1. The number of benzene rings is 3. The number of rotatable bonds is 5. The quantitative estimate of drug-likeness (QED) is 0.171. The van der Waals surface area contributed by atoms with Gasteiger partial charge in [-0.1, -0.05) is 81.7 Å². The Morgan fingerprint density at radius 2 is 1.80 bits per heavy atom. The average molecular weight is 479 g/mol. The van der Waals surface area contributed by atoms with Crippen LogP contribution in [0, 0.1) is 0 Å². The standard InChI is InChI=1S/C32H36NOSi/c1-8-27-24(14-16-34-4)29-23-12-10-9-11-20(23)18-25-30(29)31-28-21(13-15-33(27)31)17-22(35(5,6)7)19-26(28)32(25,2)3/h8-13,15,17-19,24,27H,1,14,16H2,2-7H3/q+1. The van der Waals surface area contributed by atoms with Crippen molar-refractivity contribution in [2.45, 2.75) is 57.3 Å². The van der Waals surface area contributed by atoms with Crippen molar-refractivity contribution >= 4 is 34.8 Å². The number of hydrogen-bond acceptors (Lipinski definition) is 1. The number of hydrogen-bond donors (Lipinski definition) is 0. The highest BCUT2D eigenvalue weighted by molar-refractivity contribution is 6.88. The third-order valence-electron chi connectivity index (χ3n) is 8.60. The minimum Gasteiger partial charge on any atom is -0.385 e. The van der Waals surface area contributed by atoms with Crippen LogP contribution in [-0.4, -0.2) is 21.8 Å². The van der Waals surface area contributed by atoms with E-state index >= 15 is 0 Å². The Balaban J connectivity index is 1.83. The van der Waals surface area contributed by atoms with Gasteiger partial charge in [0.1, 0.15) is 0 Å². The van der Waals surface area contributed by atoms with Crippen molar-refractivity contribution in [3.05, 3.63) is 84.1 Å². The number of aromatic nitrogens is 1. The maximum atomic E-state index is 5.61. The molecule has 178 valence electrons. The Hall–Kier alpha value is -2.75. The monoisotopic (exact) mass is 478 g/mol. The summed E-state index contributed by atoms with van der Waals surface area (Å²) in [6.45, 7) is 17.3. The van der Waals surface area contributed by atoms with Gasteiger partial charge in [-0.15, -0.1) is 0 Å². The van der Waals surface area contributed by atoms with Crippen molar-refractivity contribution in [2.24, 2.45) is 0 Å². The van der Waals surface area contributed by atoms with Gasteiger partial charge in [-0.3, -0.25) is 0 Å². The van der Waals surface area contributed by atoms with Crippen molar-refractivity contribution in [3.8, 4) is 11.3 Å². The average Bonchev–Trinajstić information content (AvgIpc) is 2.83. The van der Waals surface area contributed by atoms with E-state index in [0.717, 1.165) is 13.0 Å². The van der Waals surface area contributed by atoms with Crippen molar-refractivity contribution in [3.63, 3.8) is 0 Å². The van der Waals surface area contributed by atoms with Crippen molar-refractivity contribution in [1.29, 1.82) is 0 Å². The molecule has 1 aliphatic heterocycles. The van der Waals surface area contributed by atoms with Crippen molar-refractivity contribution < 1.29 is 9.30 Å². The highest BCUT2D eigenvalue weighted by Gasteiger charge is 2.47. The summed E-state index contributed by atoms with van der Waals surface area (Å²) in [5, 5.41) is 7.06. The van der Waals surface area contributed by atoms with Crippen LogP contribution >= 0.6 is 0 Å². The van der Waals surface area contributed by atoms with Gasteiger partial charge >= 0.3 is 0 Å². The van der Waals surface area contributed by atoms with E-state index in [9.17, 15) is 0 Å². The molecule has 0 amide bonds. The largest absolute Gasteiger partial charge is 0.385 e. The molecule has 3 aromatic carbocycles. The van der Waals surface area contributed by atoms with Gasteiger partial charge < -0.3 is 4.74 Å². The van der Waals surface area contributed by atoms with Crippen LogP contribution in [0.4, 0.5) is 0 Å². The molecule has 2 aliphatic rings. The van der Waals surface area contributed by atoms with E-state index < -0.39 is 8.07 Å². The number of nitrogens with zero attached hydrogens (tertiary/aromatic N) is 1. The summed E-state index contributed by atoms with van der Waals surface area (Å²) < 4.78 is 8.13. The van der Waals surface area contributed by atoms with Gasteiger partial charge in [-0.25, -0.2) is 0 Å². The van der Waals surface area contributed by atoms with Crippen LogP contribution in [0.3, 0.4) is 0 Å². The molecule has 0 N–H and O–H groups in total. The highest BCUT2D eigenvalue weighted by Crippen LogP contribution is 2.55. The van der Waals surface area contributed by atoms with E-state index in [4.69, 9.17) is 4.74 Å². The molecule has 2 nitrogen and oxygen atoms in total. The summed E-state index contributed by atoms with van der Waals surface area (Å²) in [4.78, 5) is 0. The molecule has 0 saturated heterocycles. The lowest BCUT2D eigenvalue weighted by Crippen LogP contribution is -2.49. The molecule has 2 unspecified atom stereocenters. The molecule has 0 fully saturated rings. The zero-order valence-electron chi connectivity index (χ0n) is 21.9. The van der Waals surface area contributed by atoms with E-state index in [0.29, 0.717) is 5.92 Å². The normalized spacial score (nSPS) is 19.8. The summed E-state index contributed by atoms with van der Waals surface area (Å²) in [5.41, 5.74) is 7.17. The van der Waals surface area contributed by atoms with E-state index in [1.165, 1.54) is 54.7 Å². The Bertz CT molecular complexity index is 1520. The van der Waals surface area contributed by atoms with Crippen LogP contribution in [-0.2, 0) is 10.2 Å². The van der Waals surface area contributed by atoms with Crippen molar-refractivity contribution in [2.75, 3.05) is 13.7 Å². The first kappa shape index (κ1) is 22.7.